The number of carbonyl (C=O) groups excluding carboxylic acids is 3. The number of methoxy groups -OCH3 is 3. The van der Waals surface area contributed by atoms with Crippen molar-refractivity contribution in [3.05, 3.63) is 155 Å². The zero-order valence-electron chi connectivity index (χ0n) is 30.5. The maximum absolute atomic E-state index is 14.0. The molecule has 1 atom stereocenters. The molecule has 0 spiro atoms. The minimum Gasteiger partial charge on any atom is -0.493 e. The number of thiazole rings is 1. The monoisotopic (exact) mass is 770 g/mol. The number of carbonyl (C=O) groups is 3. The topological polar surface area (TPSA) is 128 Å². The minimum atomic E-state index is -0.641. The van der Waals surface area contributed by atoms with E-state index in [1.165, 1.54) is 50.5 Å². The highest BCUT2D eigenvalue weighted by atomic mass is 32.2. The van der Waals surface area contributed by atoms with Crippen molar-refractivity contribution in [1.29, 1.82) is 0 Å². The molecule has 0 aliphatic carbocycles. The molecular formula is C43H38N4O6S2. The van der Waals surface area contributed by atoms with E-state index in [-0.39, 0.29) is 11.6 Å². The number of thioether (sulfide) groups is 1. The second-order valence-corrected chi connectivity index (χ2v) is 14.4. The lowest BCUT2D eigenvalue weighted by Gasteiger charge is -2.17. The second kappa shape index (κ2) is 18.1. The third-order valence-corrected chi connectivity index (χ3v) is 10.4. The van der Waals surface area contributed by atoms with Crippen molar-refractivity contribution in [2.75, 3.05) is 32.0 Å². The summed E-state index contributed by atoms with van der Waals surface area (Å²) in [5, 5.41) is 8.58. The first-order valence-corrected chi connectivity index (χ1v) is 18.8. The van der Waals surface area contributed by atoms with Gasteiger partial charge in [-0.1, -0.05) is 84.9 Å². The van der Waals surface area contributed by atoms with E-state index < -0.39 is 17.1 Å². The van der Waals surface area contributed by atoms with Crippen molar-refractivity contribution in [2.45, 2.75) is 17.1 Å². The van der Waals surface area contributed by atoms with Gasteiger partial charge >= 0.3 is 0 Å². The Morgan fingerprint density at radius 1 is 0.745 bits per heavy atom. The molecule has 12 heteroatoms. The van der Waals surface area contributed by atoms with Crippen LogP contribution in [-0.4, -0.2) is 44.0 Å². The van der Waals surface area contributed by atoms with Gasteiger partial charge in [0, 0.05) is 26.6 Å². The Kier molecular flexibility index (Phi) is 12.6. The number of nitrogens with one attached hydrogen (secondary N) is 3. The Morgan fingerprint density at radius 2 is 1.38 bits per heavy atom. The van der Waals surface area contributed by atoms with Crippen LogP contribution >= 0.6 is 23.1 Å². The molecule has 5 aromatic carbocycles. The molecule has 6 rings (SSSR count). The van der Waals surface area contributed by atoms with Crippen molar-refractivity contribution in [3.63, 3.8) is 0 Å². The summed E-state index contributed by atoms with van der Waals surface area (Å²) in [4.78, 5) is 47.7. The molecule has 278 valence electrons. The van der Waals surface area contributed by atoms with Crippen LogP contribution in [0.4, 0.5) is 10.8 Å². The van der Waals surface area contributed by atoms with Crippen molar-refractivity contribution >= 4 is 57.7 Å². The van der Waals surface area contributed by atoms with Crippen LogP contribution in [-0.2, 0) is 9.59 Å². The first-order valence-electron chi connectivity index (χ1n) is 17.1. The quantitative estimate of drug-likeness (QED) is 0.0740. The van der Waals surface area contributed by atoms with Crippen molar-refractivity contribution in [3.8, 4) is 28.5 Å². The van der Waals surface area contributed by atoms with E-state index in [9.17, 15) is 14.4 Å². The van der Waals surface area contributed by atoms with Gasteiger partial charge in [0.15, 0.2) is 16.6 Å². The Hall–Kier alpha value is -6.37. The van der Waals surface area contributed by atoms with E-state index in [1.807, 2.05) is 73.7 Å². The van der Waals surface area contributed by atoms with Crippen LogP contribution in [0.5, 0.6) is 17.2 Å². The van der Waals surface area contributed by atoms with Gasteiger partial charge in [0.05, 0.1) is 27.0 Å². The molecule has 0 saturated heterocycles. The number of amides is 3. The number of benzene rings is 5. The smallest absolute Gasteiger partial charge is 0.272 e. The highest BCUT2D eigenvalue weighted by Gasteiger charge is 2.25. The Balaban J connectivity index is 1.26. The van der Waals surface area contributed by atoms with Gasteiger partial charge in [-0.15, -0.1) is 23.1 Å². The van der Waals surface area contributed by atoms with Gasteiger partial charge in [0.25, 0.3) is 11.8 Å². The molecule has 0 saturated carbocycles. The second-order valence-electron chi connectivity index (χ2n) is 12.0. The van der Waals surface area contributed by atoms with Gasteiger partial charge in [-0.25, -0.2) is 4.98 Å². The fourth-order valence-electron chi connectivity index (χ4n) is 5.66. The Morgan fingerprint density at radius 3 is 2.02 bits per heavy atom. The van der Waals surface area contributed by atoms with Crippen molar-refractivity contribution in [2.24, 2.45) is 0 Å². The summed E-state index contributed by atoms with van der Waals surface area (Å²) >= 11 is 2.76. The van der Waals surface area contributed by atoms with Crippen molar-refractivity contribution < 1.29 is 28.6 Å². The highest BCUT2D eigenvalue weighted by molar-refractivity contribution is 8.00. The predicted molar refractivity (Wildman–Crippen MR) is 219 cm³/mol. The summed E-state index contributed by atoms with van der Waals surface area (Å²) in [5.74, 6) is -0.140. The van der Waals surface area contributed by atoms with Gasteiger partial charge in [-0.3, -0.25) is 14.4 Å². The number of hydrogen-bond donors (Lipinski definition) is 3. The summed E-state index contributed by atoms with van der Waals surface area (Å²) < 4.78 is 16.5. The molecule has 55 heavy (non-hydrogen) atoms. The molecule has 1 aromatic heterocycles. The van der Waals surface area contributed by atoms with Crippen LogP contribution in [0.2, 0.25) is 0 Å². The Bertz CT molecular complexity index is 2290. The summed E-state index contributed by atoms with van der Waals surface area (Å²) in [6, 6.07) is 38.4. The van der Waals surface area contributed by atoms with Crippen molar-refractivity contribution in [1.82, 2.24) is 10.3 Å². The minimum absolute atomic E-state index is 0.0312. The zero-order valence-corrected chi connectivity index (χ0v) is 32.1. The highest BCUT2D eigenvalue weighted by Crippen LogP contribution is 2.40. The van der Waals surface area contributed by atoms with E-state index in [4.69, 9.17) is 19.2 Å². The molecule has 0 aliphatic rings. The molecular weight excluding hydrogens is 733 g/mol. The van der Waals surface area contributed by atoms with Crippen LogP contribution in [0.1, 0.15) is 31.6 Å². The van der Waals surface area contributed by atoms with E-state index in [2.05, 4.69) is 16.0 Å². The number of nitrogens with zero attached hydrogens (tertiary/aromatic N) is 1. The number of hydrogen-bond acceptors (Lipinski definition) is 9. The molecule has 0 bridgehead atoms. The lowest BCUT2D eigenvalue weighted by atomic mass is 10.1. The maximum atomic E-state index is 14.0. The van der Waals surface area contributed by atoms with Gasteiger partial charge in [0.1, 0.15) is 10.9 Å². The standard InChI is InChI=1S/C43H38N4O6S2/c1-27-37(29-15-8-5-9-16-29)46-43(54-27)47-42(50)39(30-17-10-6-11-18-30)55-33-22-14-21-32(26-33)44-41(49)34(45-40(48)31-19-12-7-13-20-31)23-28-24-35(51-2)38(53-4)36(25-28)52-3/h5-26,39H,1-4H3,(H,44,49)(H,45,48)(H,46,47,50)/b34-23+. The van der Waals surface area contributed by atoms with Crippen LogP contribution in [0.25, 0.3) is 17.3 Å². The molecule has 0 fully saturated rings. The first-order chi connectivity index (χ1) is 26.8. The number of anilines is 2. The van der Waals surface area contributed by atoms with Crippen LogP contribution in [0.15, 0.2) is 138 Å². The molecule has 1 unspecified atom stereocenters. The lowest BCUT2D eigenvalue weighted by molar-refractivity contribution is -0.116. The van der Waals surface area contributed by atoms with E-state index in [1.54, 1.807) is 60.7 Å². The lowest BCUT2D eigenvalue weighted by Crippen LogP contribution is -2.30. The fraction of sp³-hybridized carbons (Fsp3) is 0.116. The van der Waals surface area contributed by atoms with Gasteiger partial charge in [-0.05, 0) is 66.6 Å². The SMILES string of the molecule is COc1cc(/C=C(/NC(=O)c2ccccc2)C(=O)Nc2cccc(SC(C(=O)Nc3nc(-c4ccccc4)c(C)s3)c3ccccc3)c2)cc(OC)c1OC. The van der Waals surface area contributed by atoms with Gasteiger partial charge in [0.2, 0.25) is 11.7 Å². The summed E-state index contributed by atoms with van der Waals surface area (Å²) in [6.07, 6.45) is 1.53. The molecule has 10 nitrogen and oxygen atoms in total. The van der Waals surface area contributed by atoms with Crippen LogP contribution in [0, 0.1) is 6.92 Å². The molecule has 1 heterocycles. The average Bonchev–Trinajstić information content (AvgIpc) is 3.59. The molecule has 6 aromatic rings. The van der Waals surface area contributed by atoms with E-state index >= 15 is 0 Å². The number of aryl methyl sites for hydroxylation is 1. The number of rotatable bonds is 14. The third-order valence-electron chi connectivity index (χ3n) is 8.29. The predicted octanol–water partition coefficient (Wildman–Crippen LogP) is 9.03. The molecule has 3 amide bonds. The van der Waals surface area contributed by atoms with Crippen LogP contribution in [0.3, 0.4) is 0 Å². The molecule has 0 aliphatic heterocycles. The fourth-order valence-corrected chi connectivity index (χ4v) is 7.58. The van der Waals surface area contributed by atoms with Crippen LogP contribution < -0.4 is 30.2 Å². The largest absolute Gasteiger partial charge is 0.493 e. The van der Waals surface area contributed by atoms with E-state index in [0.29, 0.717) is 39.2 Å². The van der Waals surface area contributed by atoms with Gasteiger partial charge in [-0.2, -0.15) is 0 Å². The normalized spacial score (nSPS) is 11.6. The Labute approximate surface area is 327 Å². The number of aromatic nitrogens is 1. The average molecular weight is 771 g/mol. The third kappa shape index (κ3) is 9.60. The number of ether oxygens (including phenoxy) is 3. The van der Waals surface area contributed by atoms with Gasteiger partial charge < -0.3 is 30.2 Å². The zero-order chi connectivity index (χ0) is 38.7. The summed E-state index contributed by atoms with van der Waals surface area (Å²) in [7, 11) is 4.49. The molecule has 3 N–H and O–H groups in total. The molecule has 0 radical (unpaired) electrons. The van der Waals surface area contributed by atoms with E-state index in [0.717, 1.165) is 26.6 Å². The maximum Gasteiger partial charge on any atom is 0.272 e. The summed E-state index contributed by atoms with van der Waals surface area (Å²) in [5.41, 5.74) is 3.92. The first kappa shape index (κ1) is 38.4. The summed E-state index contributed by atoms with van der Waals surface area (Å²) in [6.45, 7) is 1.98.